The summed E-state index contributed by atoms with van der Waals surface area (Å²) in [4.78, 5) is 11.5. The molecular formula is C23H26O. The molecule has 0 atom stereocenters. The van der Waals surface area contributed by atoms with E-state index in [0.29, 0.717) is 0 Å². The van der Waals surface area contributed by atoms with Gasteiger partial charge in [0.2, 0.25) is 0 Å². The van der Waals surface area contributed by atoms with Crippen molar-refractivity contribution in [2.45, 2.75) is 41.0 Å². The number of carbonyl (C=O) groups excluding carboxylic acids is 1. The normalized spacial score (nSPS) is 10.9. The summed E-state index contributed by atoms with van der Waals surface area (Å²) in [6.07, 6.45) is 0.995. The third kappa shape index (κ3) is 5.08. The molecule has 0 aliphatic heterocycles. The molecule has 0 fully saturated rings. The third-order valence-corrected chi connectivity index (χ3v) is 3.78. The van der Waals surface area contributed by atoms with Crippen LogP contribution < -0.4 is 0 Å². The number of rotatable bonds is 4. The van der Waals surface area contributed by atoms with E-state index in [1.165, 1.54) is 5.57 Å². The monoisotopic (exact) mass is 318 g/mol. The van der Waals surface area contributed by atoms with Gasteiger partial charge in [0, 0.05) is 11.1 Å². The first-order valence-corrected chi connectivity index (χ1v) is 8.39. The van der Waals surface area contributed by atoms with Crippen LogP contribution in [0.1, 0.15) is 62.5 Å². The van der Waals surface area contributed by atoms with Gasteiger partial charge in [-0.2, -0.15) is 0 Å². The topological polar surface area (TPSA) is 17.1 Å². The summed E-state index contributed by atoms with van der Waals surface area (Å²) in [6, 6.07) is 18.1. The fraction of sp³-hybridized carbons (Fsp3) is 0.304. The predicted molar refractivity (Wildman–Crippen MR) is 102 cm³/mol. The number of hydrogen-bond donors (Lipinski definition) is 0. The van der Waals surface area contributed by atoms with Gasteiger partial charge >= 0.3 is 0 Å². The van der Waals surface area contributed by atoms with Crippen molar-refractivity contribution in [3.05, 3.63) is 82.6 Å². The lowest BCUT2D eigenvalue weighted by molar-refractivity contribution is 0.101. The SMILES string of the molecule is CC(=O)c1ccc(C(=C=C(C)CC(C)(C)C)c2ccccc2)cc1. The number of carbonyl (C=O) groups is 1. The van der Waals surface area contributed by atoms with E-state index >= 15 is 0 Å². The Labute approximate surface area is 145 Å². The molecule has 0 radical (unpaired) electrons. The van der Waals surface area contributed by atoms with Crippen molar-refractivity contribution in [3.63, 3.8) is 0 Å². The minimum absolute atomic E-state index is 0.0891. The molecule has 0 saturated heterocycles. The van der Waals surface area contributed by atoms with Crippen LogP contribution in [-0.2, 0) is 0 Å². The smallest absolute Gasteiger partial charge is 0.159 e. The van der Waals surface area contributed by atoms with Crippen LogP contribution in [0, 0.1) is 5.41 Å². The van der Waals surface area contributed by atoms with Crippen LogP contribution in [0.25, 0.3) is 5.57 Å². The van der Waals surface area contributed by atoms with Crippen molar-refractivity contribution in [1.82, 2.24) is 0 Å². The Hall–Kier alpha value is -2.37. The van der Waals surface area contributed by atoms with E-state index in [-0.39, 0.29) is 11.2 Å². The number of Topliss-reactive ketones (excluding diaryl/α,β-unsaturated/α-hetero) is 1. The van der Waals surface area contributed by atoms with Crippen molar-refractivity contribution in [1.29, 1.82) is 0 Å². The van der Waals surface area contributed by atoms with Gasteiger partial charge in [0.15, 0.2) is 5.78 Å². The Morgan fingerprint density at radius 1 is 0.833 bits per heavy atom. The van der Waals surface area contributed by atoms with Crippen LogP contribution >= 0.6 is 0 Å². The van der Waals surface area contributed by atoms with E-state index in [2.05, 4.69) is 45.6 Å². The Kier molecular flexibility index (Phi) is 5.59. The summed E-state index contributed by atoms with van der Waals surface area (Å²) in [5.41, 5.74) is 9.11. The summed E-state index contributed by atoms with van der Waals surface area (Å²) in [7, 11) is 0. The van der Waals surface area contributed by atoms with Gasteiger partial charge in [-0.05, 0) is 42.4 Å². The van der Waals surface area contributed by atoms with Gasteiger partial charge in [-0.1, -0.05) is 75.4 Å². The highest BCUT2D eigenvalue weighted by Gasteiger charge is 2.11. The largest absolute Gasteiger partial charge is 0.295 e. The minimum atomic E-state index is 0.0891. The molecule has 0 N–H and O–H groups in total. The predicted octanol–water partition coefficient (Wildman–Crippen LogP) is 6.30. The van der Waals surface area contributed by atoms with Crippen molar-refractivity contribution in [2.24, 2.45) is 5.41 Å². The van der Waals surface area contributed by atoms with Crippen LogP contribution in [-0.4, -0.2) is 5.78 Å². The zero-order chi connectivity index (χ0) is 17.7. The lowest BCUT2D eigenvalue weighted by Gasteiger charge is -2.17. The van der Waals surface area contributed by atoms with Crippen LogP contribution in [0.3, 0.4) is 0 Å². The molecule has 24 heavy (non-hydrogen) atoms. The summed E-state index contributed by atoms with van der Waals surface area (Å²) < 4.78 is 0. The molecular weight excluding hydrogens is 292 g/mol. The highest BCUT2D eigenvalue weighted by atomic mass is 16.1. The molecule has 124 valence electrons. The molecule has 1 heteroatoms. The fourth-order valence-corrected chi connectivity index (χ4v) is 2.84. The Balaban J connectivity index is 2.56. The quantitative estimate of drug-likeness (QED) is 0.477. The second-order valence-electron chi connectivity index (χ2n) is 7.52. The first kappa shape index (κ1) is 18.0. The zero-order valence-corrected chi connectivity index (χ0v) is 15.3. The molecule has 0 amide bonds. The molecule has 0 aliphatic carbocycles. The Bertz CT molecular complexity index is 765. The summed E-state index contributed by atoms with van der Waals surface area (Å²) in [5.74, 6) is 0.0891. The molecule has 2 rings (SSSR count). The Morgan fingerprint density at radius 2 is 1.33 bits per heavy atom. The van der Waals surface area contributed by atoms with Gasteiger partial charge in [-0.3, -0.25) is 4.79 Å². The molecule has 0 aromatic heterocycles. The summed E-state index contributed by atoms with van der Waals surface area (Å²) in [5, 5.41) is 0. The molecule has 0 spiro atoms. The fourth-order valence-electron chi connectivity index (χ4n) is 2.84. The first-order valence-electron chi connectivity index (χ1n) is 8.39. The van der Waals surface area contributed by atoms with E-state index in [1.54, 1.807) is 6.92 Å². The van der Waals surface area contributed by atoms with Crippen molar-refractivity contribution >= 4 is 11.4 Å². The van der Waals surface area contributed by atoms with Gasteiger partial charge in [-0.15, -0.1) is 5.73 Å². The van der Waals surface area contributed by atoms with Gasteiger partial charge in [0.25, 0.3) is 0 Å². The molecule has 1 nitrogen and oxygen atoms in total. The Morgan fingerprint density at radius 3 is 1.83 bits per heavy atom. The maximum atomic E-state index is 11.5. The molecule has 0 aliphatic rings. The molecule has 0 saturated carbocycles. The molecule has 0 unspecified atom stereocenters. The zero-order valence-electron chi connectivity index (χ0n) is 15.3. The second kappa shape index (κ2) is 7.47. The molecule has 2 aromatic carbocycles. The van der Waals surface area contributed by atoms with Crippen molar-refractivity contribution in [2.75, 3.05) is 0 Å². The number of benzene rings is 2. The standard InChI is InChI=1S/C23H26O/c1-17(16-23(3,4)5)15-22(20-9-7-6-8-10-20)21-13-11-19(12-14-21)18(2)24/h6-14H,16H2,1-5H3. The highest BCUT2D eigenvalue weighted by molar-refractivity contribution is 5.94. The van der Waals surface area contributed by atoms with E-state index < -0.39 is 0 Å². The summed E-state index contributed by atoms with van der Waals surface area (Å²) >= 11 is 0. The van der Waals surface area contributed by atoms with Crippen LogP contribution in [0.5, 0.6) is 0 Å². The highest BCUT2D eigenvalue weighted by Crippen LogP contribution is 2.27. The third-order valence-electron chi connectivity index (χ3n) is 3.78. The van der Waals surface area contributed by atoms with Crippen molar-refractivity contribution < 1.29 is 4.79 Å². The van der Waals surface area contributed by atoms with Gasteiger partial charge < -0.3 is 0 Å². The average molecular weight is 318 g/mol. The number of hydrogen-bond acceptors (Lipinski definition) is 1. The number of allylic oxidation sites excluding steroid dienone is 1. The van der Waals surface area contributed by atoms with E-state index in [0.717, 1.165) is 28.7 Å². The second-order valence-corrected chi connectivity index (χ2v) is 7.52. The van der Waals surface area contributed by atoms with Gasteiger partial charge in [-0.25, -0.2) is 0 Å². The maximum Gasteiger partial charge on any atom is 0.159 e. The lowest BCUT2D eigenvalue weighted by atomic mass is 9.88. The lowest BCUT2D eigenvalue weighted by Crippen LogP contribution is -2.04. The number of ketones is 1. The molecule has 0 heterocycles. The average Bonchev–Trinajstić information content (AvgIpc) is 2.52. The van der Waals surface area contributed by atoms with Crippen LogP contribution in [0.15, 0.2) is 65.9 Å². The van der Waals surface area contributed by atoms with Gasteiger partial charge in [0.05, 0.1) is 0 Å². The van der Waals surface area contributed by atoms with Crippen LogP contribution in [0.2, 0.25) is 0 Å². The molecule has 0 bridgehead atoms. The minimum Gasteiger partial charge on any atom is -0.295 e. The summed E-state index contributed by atoms with van der Waals surface area (Å²) in [6.45, 7) is 10.4. The van der Waals surface area contributed by atoms with E-state index in [4.69, 9.17) is 0 Å². The van der Waals surface area contributed by atoms with Crippen LogP contribution in [0.4, 0.5) is 0 Å². The molecule has 2 aromatic rings. The first-order chi connectivity index (χ1) is 11.3. The van der Waals surface area contributed by atoms with E-state index in [9.17, 15) is 4.79 Å². The van der Waals surface area contributed by atoms with Crippen molar-refractivity contribution in [3.8, 4) is 0 Å². The van der Waals surface area contributed by atoms with Gasteiger partial charge in [0.1, 0.15) is 0 Å². The maximum absolute atomic E-state index is 11.5. The van der Waals surface area contributed by atoms with E-state index in [1.807, 2.05) is 42.5 Å².